The van der Waals surface area contributed by atoms with Gasteiger partial charge in [0.05, 0.1) is 0 Å². The molecule has 1 fully saturated rings. The van der Waals surface area contributed by atoms with Crippen molar-refractivity contribution in [3.63, 3.8) is 0 Å². The summed E-state index contributed by atoms with van der Waals surface area (Å²) in [7, 11) is -0.634. The average molecular weight is 309 g/mol. The molecule has 0 radical (unpaired) electrons. The average Bonchev–Trinajstić information content (AvgIpc) is 2.50. The normalized spacial score (nSPS) is 16.8. The lowest BCUT2D eigenvalue weighted by molar-refractivity contribution is -0.116. The number of hydrogen-bond donors (Lipinski definition) is 2. The van der Waals surface area contributed by atoms with Crippen molar-refractivity contribution in [2.45, 2.75) is 19.4 Å². The molecule has 5 nitrogen and oxygen atoms in total. The largest absolute Gasteiger partial charge is 0.326 e. The maximum Gasteiger partial charge on any atom is 0.224 e. The van der Waals surface area contributed by atoms with Crippen molar-refractivity contribution in [3.05, 3.63) is 29.8 Å². The molecule has 3 N–H and O–H groups in total. The van der Waals surface area contributed by atoms with Gasteiger partial charge in [0.2, 0.25) is 5.91 Å². The number of benzene rings is 1. The van der Waals surface area contributed by atoms with Gasteiger partial charge in [0.25, 0.3) is 0 Å². The summed E-state index contributed by atoms with van der Waals surface area (Å²) in [6, 6.07) is 7.59. The summed E-state index contributed by atoms with van der Waals surface area (Å²) in [6.45, 7) is 3.18. The Kier molecular flexibility index (Phi) is 6.35. The Morgan fingerprint density at radius 3 is 2.52 bits per heavy atom. The van der Waals surface area contributed by atoms with E-state index in [1.54, 1.807) is 0 Å². The molecule has 1 aliphatic rings. The zero-order valence-electron chi connectivity index (χ0n) is 12.2. The molecule has 0 aromatic heterocycles. The minimum Gasteiger partial charge on any atom is -0.326 e. The molecule has 1 amide bonds. The lowest BCUT2D eigenvalue weighted by Gasteiger charge is -2.25. The van der Waals surface area contributed by atoms with E-state index in [0.717, 1.165) is 48.8 Å². The minimum atomic E-state index is -0.634. The second kappa shape index (κ2) is 8.26. The van der Waals surface area contributed by atoms with Gasteiger partial charge in [0.15, 0.2) is 0 Å². The molecule has 0 saturated carbocycles. The smallest absolute Gasteiger partial charge is 0.224 e. The highest BCUT2D eigenvalue weighted by Gasteiger charge is 2.14. The van der Waals surface area contributed by atoms with Gasteiger partial charge in [-0.3, -0.25) is 9.00 Å². The minimum absolute atomic E-state index is 0.0380. The molecule has 0 spiro atoms. The predicted octanol–water partition coefficient (Wildman–Crippen LogP) is 0.928. The number of carbonyl (C=O) groups excluding carboxylic acids is 1. The van der Waals surface area contributed by atoms with E-state index in [9.17, 15) is 9.00 Å². The monoisotopic (exact) mass is 309 g/mol. The van der Waals surface area contributed by atoms with Crippen molar-refractivity contribution in [2.75, 3.05) is 36.5 Å². The topological polar surface area (TPSA) is 75.4 Å². The summed E-state index contributed by atoms with van der Waals surface area (Å²) in [5, 5.41) is 2.89. The Hall–Kier alpha value is -1.24. The van der Waals surface area contributed by atoms with E-state index in [4.69, 9.17) is 5.73 Å². The molecule has 1 heterocycles. The summed E-state index contributed by atoms with van der Waals surface area (Å²) in [4.78, 5) is 14.1. The van der Waals surface area contributed by atoms with E-state index in [1.165, 1.54) is 0 Å². The maximum absolute atomic E-state index is 11.9. The SMILES string of the molecule is NCc1ccc(NC(=O)CCCN2CCS(=O)CC2)cc1. The summed E-state index contributed by atoms with van der Waals surface area (Å²) in [5.74, 6) is 1.57. The molecule has 0 bridgehead atoms. The van der Waals surface area contributed by atoms with Crippen LogP contribution >= 0.6 is 0 Å². The van der Waals surface area contributed by atoms with Crippen molar-refractivity contribution in [1.29, 1.82) is 0 Å². The highest BCUT2D eigenvalue weighted by molar-refractivity contribution is 7.85. The van der Waals surface area contributed by atoms with Crippen LogP contribution in [-0.2, 0) is 22.1 Å². The molecule has 1 aliphatic heterocycles. The molecule has 1 aromatic carbocycles. The van der Waals surface area contributed by atoms with E-state index in [0.29, 0.717) is 13.0 Å². The number of nitrogens with two attached hydrogens (primary N) is 1. The van der Waals surface area contributed by atoms with Crippen LogP contribution in [0, 0.1) is 0 Å². The van der Waals surface area contributed by atoms with Crippen LogP contribution in [0.3, 0.4) is 0 Å². The van der Waals surface area contributed by atoms with Crippen LogP contribution in [0.5, 0.6) is 0 Å². The maximum atomic E-state index is 11.9. The fourth-order valence-corrected chi connectivity index (χ4v) is 3.44. The Balaban J connectivity index is 1.66. The van der Waals surface area contributed by atoms with Crippen LogP contribution < -0.4 is 11.1 Å². The summed E-state index contributed by atoms with van der Waals surface area (Å²) in [5.41, 5.74) is 7.40. The number of nitrogens with one attached hydrogen (secondary N) is 1. The lowest BCUT2D eigenvalue weighted by Crippen LogP contribution is -2.38. The second-order valence-electron chi connectivity index (χ2n) is 5.24. The van der Waals surface area contributed by atoms with Crippen LogP contribution in [0.15, 0.2) is 24.3 Å². The van der Waals surface area contributed by atoms with Crippen LogP contribution in [0.1, 0.15) is 18.4 Å². The van der Waals surface area contributed by atoms with Crippen LogP contribution in [0.4, 0.5) is 5.69 Å². The van der Waals surface area contributed by atoms with E-state index in [2.05, 4.69) is 10.2 Å². The zero-order valence-corrected chi connectivity index (χ0v) is 13.0. The van der Waals surface area contributed by atoms with Crippen molar-refractivity contribution in [2.24, 2.45) is 5.73 Å². The number of amides is 1. The van der Waals surface area contributed by atoms with Crippen molar-refractivity contribution in [3.8, 4) is 0 Å². The first-order valence-electron chi connectivity index (χ1n) is 7.33. The predicted molar refractivity (Wildman–Crippen MR) is 86.5 cm³/mol. The van der Waals surface area contributed by atoms with Gasteiger partial charge in [-0.15, -0.1) is 0 Å². The first-order chi connectivity index (χ1) is 10.2. The first kappa shape index (κ1) is 16.1. The van der Waals surface area contributed by atoms with Gasteiger partial charge in [-0.05, 0) is 30.7 Å². The van der Waals surface area contributed by atoms with Crippen molar-refractivity contribution in [1.82, 2.24) is 4.90 Å². The Labute approximate surface area is 128 Å². The van der Waals surface area contributed by atoms with E-state index < -0.39 is 10.8 Å². The van der Waals surface area contributed by atoms with Crippen LogP contribution in [0.2, 0.25) is 0 Å². The molecule has 0 atom stereocenters. The molecule has 2 rings (SSSR count). The molecule has 0 aliphatic carbocycles. The van der Waals surface area contributed by atoms with Gasteiger partial charge in [0.1, 0.15) is 0 Å². The summed E-state index contributed by atoms with van der Waals surface area (Å²) < 4.78 is 11.3. The fraction of sp³-hybridized carbons (Fsp3) is 0.533. The summed E-state index contributed by atoms with van der Waals surface area (Å²) >= 11 is 0. The van der Waals surface area contributed by atoms with Crippen molar-refractivity contribution >= 4 is 22.4 Å². The van der Waals surface area contributed by atoms with Gasteiger partial charge in [0, 0.05) is 54.0 Å². The third kappa shape index (κ3) is 5.57. The van der Waals surface area contributed by atoms with Gasteiger partial charge in [-0.25, -0.2) is 0 Å². The quantitative estimate of drug-likeness (QED) is 0.819. The third-order valence-corrected chi connectivity index (χ3v) is 4.90. The molecule has 1 aromatic rings. The van der Waals surface area contributed by atoms with Crippen molar-refractivity contribution < 1.29 is 9.00 Å². The van der Waals surface area contributed by atoms with E-state index in [-0.39, 0.29) is 5.91 Å². The Morgan fingerprint density at radius 1 is 1.24 bits per heavy atom. The third-order valence-electron chi connectivity index (χ3n) is 3.62. The van der Waals surface area contributed by atoms with Gasteiger partial charge >= 0.3 is 0 Å². The van der Waals surface area contributed by atoms with Crippen LogP contribution in [-0.4, -0.2) is 46.2 Å². The number of rotatable bonds is 6. The van der Waals surface area contributed by atoms with Gasteiger partial charge in [-0.2, -0.15) is 0 Å². The molecule has 116 valence electrons. The zero-order chi connectivity index (χ0) is 15.1. The Morgan fingerprint density at radius 2 is 1.90 bits per heavy atom. The fourth-order valence-electron chi connectivity index (χ4n) is 2.31. The Bertz CT molecular complexity index is 480. The standard InChI is InChI=1S/C15H23N3O2S/c16-12-13-3-5-14(6-4-13)17-15(19)2-1-7-18-8-10-21(20)11-9-18/h3-6H,1-2,7-12,16H2,(H,17,19). The van der Waals surface area contributed by atoms with Gasteiger partial charge < -0.3 is 16.0 Å². The lowest BCUT2D eigenvalue weighted by atomic mass is 10.2. The number of nitrogens with zero attached hydrogens (tertiary/aromatic N) is 1. The molecule has 0 unspecified atom stereocenters. The van der Waals surface area contributed by atoms with Crippen LogP contribution in [0.25, 0.3) is 0 Å². The number of carbonyl (C=O) groups is 1. The first-order valence-corrected chi connectivity index (χ1v) is 8.82. The second-order valence-corrected chi connectivity index (χ2v) is 6.94. The van der Waals surface area contributed by atoms with E-state index >= 15 is 0 Å². The molecule has 21 heavy (non-hydrogen) atoms. The number of hydrogen-bond acceptors (Lipinski definition) is 4. The molecular weight excluding hydrogens is 286 g/mol. The molecular formula is C15H23N3O2S. The molecule has 1 saturated heterocycles. The number of anilines is 1. The summed E-state index contributed by atoms with van der Waals surface area (Å²) in [6.07, 6.45) is 1.34. The van der Waals surface area contributed by atoms with E-state index in [1.807, 2.05) is 24.3 Å². The highest BCUT2D eigenvalue weighted by Crippen LogP contribution is 2.10. The molecule has 6 heteroatoms. The highest BCUT2D eigenvalue weighted by atomic mass is 32.2. The van der Waals surface area contributed by atoms with Gasteiger partial charge in [-0.1, -0.05) is 12.1 Å².